The van der Waals surface area contributed by atoms with Crippen molar-refractivity contribution in [1.82, 2.24) is 4.98 Å². The van der Waals surface area contributed by atoms with Crippen LogP contribution in [0.25, 0.3) is 0 Å². The fourth-order valence-corrected chi connectivity index (χ4v) is 3.07. The van der Waals surface area contributed by atoms with E-state index in [2.05, 4.69) is 63.4 Å². The summed E-state index contributed by atoms with van der Waals surface area (Å²) in [6.45, 7) is 0. The predicted octanol–water partition coefficient (Wildman–Crippen LogP) is 4.66. The summed E-state index contributed by atoms with van der Waals surface area (Å²) in [6, 6.07) is 7.27. The number of rotatable bonds is 3. The fraction of sp³-hybridized carbons (Fsp3) is 0.0769. The van der Waals surface area contributed by atoms with Crippen LogP contribution >= 0.6 is 47.8 Å². The quantitative estimate of drug-likeness (QED) is 0.696. The van der Waals surface area contributed by atoms with E-state index in [-0.39, 0.29) is 5.91 Å². The van der Waals surface area contributed by atoms with Gasteiger partial charge in [-0.1, -0.05) is 15.9 Å². The average Bonchev–Trinajstić information content (AvgIpc) is 2.41. The van der Waals surface area contributed by atoms with E-state index in [1.54, 1.807) is 19.3 Å². The second kappa shape index (κ2) is 6.69. The van der Waals surface area contributed by atoms with Crippen LogP contribution in [-0.2, 0) is 0 Å². The standard InChI is InChI=1S/C13H10Br3N3O/c1-17-12-9(4-8(15)6-18-12)13(20)19-11-3-2-7(14)5-10(11)16/h2-6H,1H3,(H,17,18)(H,19,20). The summed E-state index contributed by atoms with van der Waals surface area (Å²) in [7, 11) is 1.72. The van der Waals surface area contributed by atoms with Crippen LogP contribution in [0.3, 0.4) is 0 Å². The molecule has 0 spiro atoms. The van der Waals surface area contributed by atoms with Crippen molar-refractivity contribution in [3.05, 3.63) is 49.4 Å². The number of nitrogens with zero attached hydrogens (tertiary/aromatic N) is 1. The monoisotopic (exact) mass is 461 g/mol. The van der Waals surface area contributed by atoms with E-state index in [0.29, 0.717) is 17.1 Å². The minimum atomic E-state index is -0.230. The molecular formula is C13H10Br3N3O. The van der Waals surface area contributed by atoms with Crippen molar-refractivity contribution in [1.29, 1.82) is 0 Å². The number of aromatic nitrogens is 1. The molecule has 0 bridgehead atoms. The highest BCUT2D eigenvalue weighted by molar-refractivity contribution is 9.11. The number of benzene rings is 1. The van der Waals surface area contributed by atoms with Crippen molar-refractivity contribution in [2.24, 2.45) is 0 Å². The van der Waals surface area contributed by atoms with Gasteiger partial charge in [-0.2, -0.15) is 0 Å². The molecule has 0 aliphatic heterocycles. The van der Waals surface area contributed by atoms with Gasteiger partial charge in [0.2, 0.25) is 0 Å². The molecule has 2 N–H and O–H groups in total. The Morgan fingerprint density at radius 3 is 2.55 bits per heavy atom. The molecule has 20 heavy (non-hydrogen) atoms. The second-order valence-electron chi connectivity index (χ2n) is 3.88. The van der Waals surface area contributed by atoms with Crippen LogP contribution in [0.4, 0.5) is 11.5 Å². The summed E-state index contributed by atoms with van der Waals surface area (Å²) in [6.07, 6.45) is 1.64. The highest BCUT2D eigenvalue weighted by atomic mass is 79.9. The molecule has 0 aliphatic carbocycles. The number of amides is 1. The third-order valence-electron chi connectivity index (χ3n) is 2.52. The second-order valence-corrected chi connectivity index (χ2v) is 6.56. The van der Waals surface area contributed by atoms with Crippen molar-refractivity contribution in [3.8, 4) is 0 Å². The van der Waals surface area contributed by atoms with Crippen LogP contribution in [0.2, 0.25) is 0 Å². The largest absolute Gasteiger partial charge is 0.372 e. The molecule has 104 valence electrons. The van der Waals surface area contributed by atoms with Crippen LogP contribution in [0.5, 0.6) is 0 Å². The molecule has 1 aromatic carbocycles. The first-order valence-electron chi connectivity index (χ1n) is 5.61. The number of hydrogen-bond acceptors (Lipinski definition) is 3. The molecule has 1 heterocycles. The number of carbonyl (C=O) groups is 1. The zero-order chi connectivity index (χ0) is 14.7. The average molecular weight is 464 g/mol. The molecule has 2 aromatic rings. The zero-order valence-corrected chi connectivity index (χ0v) is 15.1. The predicted molar refractivity (Wildman–Crippen MR) is 91.3 cm³/mol. The van der Waals surface area contributed by atoms with Crippen LogP contribution < -0.4 is 10.6 Å². The maximum Gasteiger partial charge on any atom is 0.259 e. The number of carbonyl (C=O) groups excluding carboxylic acids is 1. The SMILES string of the molecule is CNc1ncc(Br)cc1C(=O)Nc1ccc(Br)cc1Br. The summed E-state index contributed by atoms with van der Waals surface area (Å²) in [5.41, 5.74) is 1.16. The van der Waals surface area contributed by atoms with Gasteiger partial charge < -0.3 is 10.6 Å². The van der Waals surface area contributed by atoms with Crippen molar-refractivity contribution in [3.63, 3.8) is 0 Å². The van der Waals surface area contributed by atoms with Gasteiger partial charge in [-0.25, -0.2) is 4.98 Å². The number of halogens is 3. The third kappa shape index (κ3) is 3.59. The lowest BCUT2D eigenvalue weighted by atomic mass is 10.2. The highest BCUT2D eigenvalue weighted by Crippen LogP contribution is 2.27. The summed E-state index contributed by atoms with van der Waals surface area (Å²) in [5.74, 6) is 0.296. The Kier molecular flexibility index (Phi) is 5.17. The van der Waals surface area contributed by atoms with Gasteiger partial charge >= 0.3 is 0 Å². The topological polar surface area (TPSA) is 54.0 Å². The van der Waals surface area contributed by atoms with Gasteiger partial charge in [0.05, 0.1) is 11.3 Å². The fourth-order valence-electron chi connectivity index (χ4n) is 1.59. The smallest absolute Gasteiger partial charge is 0.259 e. The number of hydrogen-bond donors (Lipinski definition) is 2. The molecule has 0 saturated heterocycles. The van der Waals surface area contributed by atoms with E-state index in [1.807, 2.05) is 18.2 Å². The molecule has 2 rings (SSSR count). The molecule has 7 heteroatoms. The molecule has 0 radical (unpaired) electrons. The Bertz CT molecular complexity index is 661. The highest BCUT2D eigenvalue weighted by Gasteiger charge is 2.14. The van der Waals surface area contributed by atoms with Crippen molar-refractivity contribution in [2.75, 3.05) is 17.7 Å². The molecule has 1 aromatic heterocycles. The summed E-state index contributed by atoms with van der Waals surface area (Å²) in [4.78, 5) is 16.5. The van der Waals surface area contributed by atoms with Crippen molar-refractivity contribution < 1.29 is 4.79 Å². The first kappa shape index (κ1) is 15.5. The van der Waals surface area contributed by atoms with Crippen LogP contribution in [0.15, 0.2) is 43.9 Å². The first-order valence-corrected chi connectivity index (χ1v) is 7.99. The number of pyridine rings is 1. The van der Waals surface area contributed by atoms with Crippen LogP contribution in [0.1, 0.15) is 10.4 Å². The van der Waals surface area contributed by atoms with Gasteiger partial charge in [0.1, 0.15) is 5.82 Å². The van der Waals surface area contributed by atoms with Gasteiger partial charge in [-0.05, 0) is 56.1 Å². The molecule has 0 saturated carbocycles. The molecule has 1 amide bonds. The minimum Gasteiger partial charge on any atom is -0.372 e. The van der Waals surface area contributed by atoms with Gasteiger partial charge in [-0.15, -0.1) is 0 Å². The Balaban J connectivity index is 2.30. The Hall–Kier alpha value is -0.920. The van der Waals surface area contributed by atoms with Gasteiger partial charge in [-0.3, -0.25) is 4.79 Å². The lowest BCUT2D eigenvalue weighted by Gasteiger charge is -2.11. The molecule has 0 aliphatic rings. The van der Waals surface area contributed by atoms with Crippen molar-refractivity contribution >= 4 is 65.2 Å². The Labute approximate surface area is 141 Å². The summed E-state index contributed by atoms with van der Waals surface area (Å²) in [5, 5.41) is 5.75. The van der Waals surface area contributed by atoms with E-state index in [9.17, 15) is 4.79 Å². The molecule has 4 nitrogen and oxygen atoms in total. The Morgan fingerprint density at radius 2 is 1.90 bits per heavy atom. The Morgan fingerprint density at radius 1 is 1.15 bits per heavy atom. The summed E-state index contributed by atoms with van der Waals surface area (Å²) >= 11 is 10.1. The third-order valence-corrected chi connectivity index (χ3v) is 4.10. The van der Waals surface area contributed by atoms with Crippen LogP contribution in [-0.4, -0.2) is 17.9 Å². The lowest BCUT2D eigenvalue weighted by molar-refractivity contribution is 0.102. The molecular weight excluding hydrogens is 454 g/mol. The molecule has 0 unspecified atom stereocenters. The van der Waals surface area contributed by atoms with E-state index in [4.69, 9.17) is 0 Å². The van der Waals surface area contributed by atoms with E-state index in [0.717, 1.165) is 13.4 Å². The van der Waals surface area contributed by atoms with E-state index < -0.39 is 0 Å². The van der Waals surface area contributed by atoms with E-state index >= 15 is 0 Å². The minimum absolute atomic E-state index is 0.230. The first-order chi connectivity index (χ1) is 9.51. The number of nitrogens with one attached hydrogen (secondary N) is 2. The normalized spacial score (nSPS) is 10.2. The van der Waals surface area contributed by atoms with Crippen molar-refractivity contribution in [2.45, 2.75) is 0 Å². The van der Waals surface area contributed by atoms with E-state index in [1.165, 1.54) is 0 Å². The zero-order valence-electron chi connectivity index (χ0n) is 10.4. The molecule has 0 fully saturated rings. The maximum atomic E-state index is 12.3. The van der Waals surface area contributed by atoms with Gasteiger partial charge in [0.15, 0.2) is 0 Å². The molecule has 0 atom stereocenters. The van der Waals surface area contributed by atoms with Gasteiger partial charge in [0.25, 0.3) is 5.91 Å². The maximum absolute atomic E-state index is 12.3. The van der Waals surface area contributed by atoms with Gasteiger partial charge in [0, 0.05) is 26.7 Å². The van der Waals surface area contributed by atoms with Crippen LogP contribution in [0, 0.1) is 0 Å². The summed E-state index contributed by atoms with van der Waals surface area (Å²) < 4.78 is 2.48. The number of anilines is 2. The lowest BCUT2D eigenvalue weighted by Crippen LogP contribution is -2.15.